The van der Waals surface area contributed by atoms with E-state index in [0.29, 0.717) is 18.5 Å². The molecule has 74 valence electrons. The predicted molar refractivity (Wildman–Crippen MR) is 54.3 cm³/mol. The first-order valence-corrected chi connectivity index (χ1v) is 5.38. The molecule has 1 aliphatic heterocycles. The highest BCUT2D eigenvalue weighted by molar-refractivity contribution is 4.85. The zero-order valence-electron chi connectivity index (χ0n) is 8.79. The molecule has 2 nitrogen and oxygen atoms in total. The molecule has 1 fully saturated rings. The molecule has 0 radical (unpaired) electrons. The number of nitriles is 1. The van der Waals surface area contributed by atoms with Crippen molar-refractivity contribution in [1.82, 2.24) is 4.90 Å². The molecule has 0 N–H and O–H groups in total. The summed E-state index contributed by atoms with van der Waals surface area (Å²) < 4.78 is 0. The first-order chi connectivity index (χ1) is 6.25. The van der Waals surface area contributed by atoms with E-state index in [4.69, 9.17) is 5.26 Å². The van der Waals surface area contributed by atoms with E-state index in [1.807, 2.05) is 0 Å². The summed E-state index contributed by atoms with van der Waals surface area (Å²) in [6.07, 6.45) is 5.87. The van der Waals surface area contributed by atoms with Gasteiger partial charge in [0.2, 0.25) is 0 Å². The van der Waals surface area contributed by atoms with Gasteiger partial charge in [0.15, 0.2) is 0 Å². The Morgan fingerprint density at radius 1 is 1.38 bits per heavy atom. The van der Waals surface area contributed by atoms with Gasteiger partial charge in [-0.25, -0.2) is 0 Å². The lowest BCUT2D eigenvalue weighted by molar-refractivity contribution is 0.158. The molecule has 0 aliphatic carbocycles. The first-order valence-electron chi connectivity index (χ1n) is 5.38. The van der Waals surface area contributed by atoms with Gasteiger partial charge in [-0.1, -0.05) is 12.8 Å². The van der Waals surface area contributed by atoms with Crippen LogP contribution in [-0.4, -0.2) is 23.5 Å². The zero-order chi connectivity index (χ0) is 9.68. The lowest BCUT2D eigenvalue weighted by Crippen LogP contribution is -2.39. The molecule has 0 aromatic rings. The Labute approximate surface area is 81.5 Å². The van der Waals surface area contributed by atoms with Crippen molar-refractivity contribution in [1.29, 1.82) is 5.26 Å². The standard InChI is InChI=1S/C11H20N2/c1-10(2)13-9-5-3-4-6-11(13)7-8-12/h10-11H,3-7,9H2,1-2H3. The van der Waals surface area contributed by atoms with Crippen molar-refractivity contribution >= 4 is 0 Å². The van der Waals surface area contributed by atoms with E-state index in [1.165, 1.54) is 32.2 Å². The van der Waals surface area contributed by atoms with E-state index in [-0.39, 0.29) is 0 Å². The van der Waals surface area contributed by atoms with Crippen LogP contribution in [0.5, 0.6) is 0 Å². The fourth-order valence-corrected chi connectivity index (χ4v) is 2.20. The van der Waals surface area contributed by atoms with Gasteiger partial charge in [0.05, 0.1) is 12.5 Å². The van der Waals surface area contributed by atoms with Gasteiger partial charge in [-0.2, -0.15) is 5.26 Å². The summed E-state index contributed by atoms with van der Waals surface area (Å²) in [6, 6.07) is 3.42. The summed E-state index contributed by atoms with van der Waals surface area (Å²) in [5.74, 6) is 0. The van der Waals surface area contributed by atoms with Gasteiger partial charge in [-0.15, -0.1) is 0 Å². The van der Waals surface area contributed by atoms with Crippen LogP contribution in [0, 0.1) is 11.3 Å². The topological polar surface area (TPSA) is 27.0 Å². The second-order valence-corrected chi connectivity index (χ2v) is 4.20. The van der Waals surface area contributed by atoms with Crippen molar-refractivity contribution in [3.63, 3.8) is 0 Å². The van der Waals surface area contributed by atoms with Crippen LogP contribution in [0.25, 0.3) is 0 Å². The Morgan fingerprint density at radius 2 is 2.15 bits per heavy atom. The molecule has 0 aromatic heterocycles. The lowest BCUT2D eigenvalue weighted by Gasteiger charge is -2.31. The largest absolute Gasteiger partial charge is 0.297 e. The molecule has 0 saturated carbocycles. The molecular formula is C11H20N2. The van der Waals surface area contributed by atoms with Gasteiger partial charge >= 0.3 is 0 Å². The summed E-state index contributed by atoms with van der Waals surface area (Å²) in [5.41, 5.74) is 0. The highest BCUT2D eigenvalue weighted by atomic mass is 15.2. The molecule has 0 amide bonds. The highest BCUT2D eigenvalue weighted by Gasteiger charge is 2.22. The third-order valence-corrected chi connectivity index (χ3v) is 2.91. The number of nitrogens with zero attached hydrogens (tertiary/aromatic N) is 2. The third-order valence-electron chi connectivity index (χ3n) is 2.91. The van der Waals surface area contributed by atoms with E-state index < -0.39 is 0 Å². The van der Waals surface area contributed by atoms with Gasteiger partial charge in [-0.05, 0) is 33.2 Å². The van der Waals surface area contributed by atoms with Crippen LogP contribution in [-0.2, 0) is 0 Å². The highest BCUT2D eigenvalue weighted by Crippen LogP contribution is 2.20. The SMILES string of the molecule is CC(C)N1CCCCCC1CC#N. The summed E-state index contributed by atoms with van der Waals surface area (Å²) in [7, 11) is 0. The van der Waals surface area contributed by atoms with Crippen LogP contribution in [0.3, 0.4) is 0 Å². The van der Waals surface area contributed by atoms with Crippen LogP contribution < -0.4 is 0 Å². The number of rotatable bonds is 2. The van der Waals surface area contributed by atoms with Crippen LogP contribution in [0.4, 0.5) is 0 Å². The Balaban J connectivity index is 2.56. The maximum Gasteiger partial charge on any atom is 0.0638 e. The van der Waals surface area contributed by atoms with E-state index in [9.17, 15) is 0 Å². The maximum atomic E-state index is 8.73. The number of likely N-dealkylation sites (tertiary alicyclic amines) is 1. The van der Waals surface area contributed by atoms with Crippen molar-refractivity contribution in [2.24, 2.45) is 0 Å². The number of hydrogen-bond acceptors (Lipinski definition) is 2. The average Bonchev–Trinajstić information content (AvgIpc) is 2.30. The summed E-state index contributed by atoms with van der Waals surface area (Å²) in [6.45, 7) is 5.65. The molecule has 0 spiro atoms. The van der Waals surface area contributed by atoms with E-state index >= 15 is 0 Å². The van der Waals surface area contributed by atoms with Crippen LogP contribution in [0.1, 0.15) is 46.0 Å². The molecule has 1 rings (SSSR count). The quantitative estimate of drug-likeness (QED) is 0.653. The minimum absolute atomic E-state index is 0.521. The summed E-state index contributed by atoms with van der Waals surface area (Å²) in [5, 5.41) is 8.73. The second kappa shape index (κ2) is 5.24. The molecule has 13 heavy (non-hydrogen) atoms. The minimum Gasteiger partial charge on any atom is -0.297 e. The Hall–Kier alpha value is -0.550. The molecular weight excluding hydrogens is 160 g/mol. The molecule has 1 unspecified atom stereocenters. The molecule has 1 aliphatic rings. The van der Waals surface area contributed by atoms with Crippen molar-refractivity contribution in [3.05, 3.63) is 0 Å². The van der Waals surface area contributed by atoms with Crippen LogP contribution in [0.2, 0.25) is 0 Å². The average molecular weight is 180 g/mol. The van der Waals surface area contributed by atoms with Gasteiger partial charge < -0.3 is 0 Å². The first kappa shape index (κ1) is 10.5. The summed E-state index contributed by atoms with van der Waals surface area (Å²) >= 11 is 0. The van der Waals surface area contributed by atoms with Gasteiger partial charge in [0.1, 0.15) is 0 Å². The van der Waals surface area contributed by atoms with E-state index in [0.717, 1.165) is 0 Å². The number of hydrogen-bond donors (Lipinski definition) is 0. The normalized spacial score (nSPS) is 25.5. The minimum atomic E-state index is 0.521. The van der Waals surface area contributed by atoms with Crippen molar-refractivity contribution < 1.29 is 0 Å². The van der Waals surface area contributed by atoms with Gasteiger partial charge in [0.25, 0.3) is 0 Å². The van der Waals surface area contributed by atoms with E-state index in [1.54, 1.807) is 0 Å². The fraction of sp³-hybridized carbons (Fsp3) is 0.909. The van der Waals surface area contributed by atoms with Crippen molar-refractivity contribution in [2.75, 3.05) is 6.54 Å². The molecule has 0 aromatic carbocycles. The summed E-state index contributed by atoms with van der Waals surface area (Å²) in [4.78, 5) is 2.50. The fourth-order valence-electron chi connectivity index (χ4n) is 2.20. The zero-order valence-corrected chi connectivity index (χ0v) is 8.79. The lowest BCUT2D eigenvalue weighted by atomic mass is 10.1. The van der Waals surface area contributed by atoms with Gasteiger partial charge in [-0.3, -0.25) is 4.90 Å². The van der Waals surface area contributed by atoms with E-state index in [2.05, 4.69) is 24.8 Å². The molecule has 1 heterocycles. The van der Waals surface area contributed by atoms with Crippen LogP contribution >= 0.6 is 0 Å². The Morgan fingerprint density at radius 3 is 2.77 bits per heavy atom. The maximum absolute atomic E-state index is 8.73. The smallest absolute Gasteiger partial charge is 0.0638 e. The molecule has 0 bridgehead atoms. The third kappa shape index (κ3) is 3.00. The Kier molecular flexibility index (Phi) is 4.24. The second-order valence-electron chi connectivity index (χ2n) is 4.20. The predicted octanol–water partition coefficient (Wildman–Crippen LogP) is 2.55. The van der Waals surface area contributed by atoms with Crippen molar-refractivity contribution in [2.45, 2.75) is 58.0 Å². The Bertz CT molecular complexity index is 181. The monoisotopic (exact) mass is 180 g/mol. The van der Waals surface area contributed by atoms with Crippen molar-refractivity contribution in [3.8, 4) is 6.07 Å². The van der Waals surface area contributed by atoms with Crippen LogP contribution in [0.15, 0.2) is 0 Å². The molecule has 1 atom stereocenters. The molecule has 1 saturated heterocycles. The molecule has 2 heteroatoms. The van der Waals surface area contributed by atoms with Gasteiger partial charge in [0, 0.05) is 12.1 Å².